The van der Waals surface area contributed by atoms with Crippen LogP contribution in [-0.2, 0) is 6.42 Å². The zero-order chi connectivity index (χ0) is 11.0. The fourth-order valence-electron chi connectivity index (χ4n) is 2.16. The number of halogens is 3. The molecular weight excluding hydrogens is 339 g/mol. The summed E-state index contributed by atoms with van der Waals surface area (Å²) in [5, 5.41) is 0.160. The zero-order valence-corrected chi connectivity index (χ0v) is 12.5. The smallest absolute Gasteiger partial charge is 0.0599 e. The van der Waals surface area contributed by atoms with Gasteiger partial charge in [-0.05, 0) is 48.9 Å². The Balaban J connectivity index is 2.63. The molecule has 0 aliphatic heterocycles. The number of alkyl halides is 1. The van der Waals surface area contributed by atoms with E-state index >= 15 is 0 Å². The van der Waals surface area contributed by atoms with Gasteiger partial charge in [0.15, 0.2) is 0 Å². The Bertz CT molecular complexity index is 388. The molecule has 0 bridgehead atoms. The van der Waals surface area contributed by atoms with E-state index < -0.39 is 0 Å². The van der Waals surface area contributed by atoms with E-state index in [0.717, 1.165) is 12.8 Å². The number of hydrogen-bond donors (Lipinski definition) is 0. The summed E-state index contributed by atoms with van der Waals surface area (Å²) in [5.74, 6) is 0. The van der Waals surface area contributed by atoms with Gasteiger partial charge in [0.1, 0.15) is 0 Å². The van der Waals surface area contributed by atoms with Crippen molar-refractivity contribution in [2.45, 2.75) is 38.0 Å². The third kappa shape index (κ3) is 2.27. The van der Waals surface area contributed by atoms with Gasteiger partial charge < -0.3 is 0 Å². The van der Waals surface area contributed by atoms with Crippen molar-refractivity contribution in [3.05, 3.63) is 31.7 Å². The molecule has 2 rings (SSSR count). The van der Waals surface area contributed by atoms with Crippen LogP contribution in [0.3, 0.4) is 0 Å². The summed E-state index contributed by atoms with van der Waals surface area (Å²) >= 11 is 13.8. The molecular formula is C12H13Br2Cl. The summed E-state index contributed by atoms with van der Waals surface area (Å²) in [7, 11) is 0. The summed E-state index contributed by atoms with van der Waals surface area (Å²) in [6.07, 6.45) is 4.69. The van der Waals surface area contributed by atoms with Crippen molar-refractivity contribution < 1.29 is 0 Å². The Labute approximate surface area is 113 Å². The first-order valence-electron chi connectivity index (χ1n) is 5.22. The van der Waals surface area contributed by atoms with Gasteiger partial charge in [-0.15, -0.1) is 11.6 Å². The molecule has 15 heavy (non-hydrogen) atoms. The van der Waals surface area contributed by atoms with Gasteiger partial charge in [-0.3, -0.25) is 0 Å². The van der Waals surface area contributed by atoms with E-state index in [1.54, 1.807) is 0 Å². The molecule has 1 aromatic carbocycles. The van der Waals surface area contributed by atoms with E-state index in [-0.39, 0.29) is 5.38 Å². The molecule has 0 saturated carbocycles. The van der Waals surface area contributed by atoms with Gasteiger partial charge in [-0.25, -0.2) is 0 Å². The lowest BCUT2D eigenvalue weighted by Crippen LogP contribution is -1.98. The number of rotatable bonds is 0. The van der Waals surface area contributed by atoms with E-state index in [9.17, 15) is 0 Å². The number of aryl methyl sites for hydroxylation is 1. The molecule has 1 aliphatic carbocycles. The van der Waals surface area contributed by atoms with Crippen LogP contribution in [0.5, 0.6) is 0 Å². The van der Waals surface area contributed by atoms with Gasteiger partial charge in [0, 0.05) is 8.95 Å². The molecule has 0 amide bonds. The van der Waals surface area contributed by atoms with Crippen LogP contribution in [0.2, 0.25) is 0 Å². The fraction of sp³-hybridized carbons (Fsp3) is 0.500. The van der Waals surface area contributed by atoms with E-state index in [0.29, 0.717) is 0 Å². The van der Waals surface area contributed by atoms with Gasteiger partial charge in [0.05, 0.1) is 5.38 Å². The molecule has 0 heterocycles. The van der Waals surface area contributed by atoms with Crippen molar-refractivity contribution in [1.82, 2.24) is 0 Å². The monoisotopic (exact) mass is 350 g/mol. The third-order valence-electron chi connectivity index (χ3n) is 2.99. The summed E-state index contributed by atoms with van der Waals surface area (Å²) in [4.78, 5) is 0. The van der Waals surface area contributed by atoms with Gasteiger partial charge in [0.25, 0.3) is 0 Å². The molecule has 0 nitrogen and oxygen atoms in total. The number of benzene rings is 1. The molecule has 1 aromatic rings. The van der Waals surface area contributed by atoms with E-state index in [2.05, 4.69) is 44.8 Å². The molecule has 82 valence electrons. The highest BCUT2D eigenvalue weighted by Crippen LogP contribution is 2.42. The van der Waals surface area contributed by atoms with E-state index in [1.807, 2.05) is 0 Å². The Morgan fingerprint density at radius 3 is 2.80 bits per heavy atom. The highest BCUT2D eigenvalue weighted by molar-refractivity contribution is 9.11. The first kappa shape index (κ1) is 11.9. The minimum Gasteiger partial charge on any atom is -0.118 e. The van der Waals surface area contributed by atoms with Crippen LogP contribution in [0.25, 0.3) is 0 Å². The number of fused-ring (bicyclic) bond motifs is 1. The van der Waals surface area contributed by atoms with Crippen molar-refractivity contribution in [2.24, 2.45) is 0 Å². The van der Waals surface area contributed by atoms with Crippen LogP contribution in [0.15, 0.2) is 15.0 Å². The van der Waals surface area contributed by atoms with Crippen LogP contribution in [0.4, 0.5) is 0 Å². The molecule has 0 N–H and O–H groups in total. The molecule has 0 radical (unpaired) electrons. The average Bonchev–Trinajstić information content (AvgIpc) is 2.37. The molecule has 1 unspecified atom stereocenters. The Morgan fingerprint density at radius 2 is 2.07 bits per heavy atom. The summed E-state index contributed by atoms with van der Waals surface area (Å²) < 4.78 is 2.41. The van der Waals surface area contributed by atoms with Crippen LogP contribution in [0, 0.1) is 6.92 Å². The fourth-order valence-corrected chi connectivity index (χ4v) is 4.08. The van der Waals surface area contributed by atoms with E-state index in [1.165, 1.54) is 38.5 Å². The summed E-state index contributed by atoms with van der Waals surface area (Å²) in [6.45, 7) is 2.11. The van der Waals surface area contributed by atoms with E-state index in [4.69, 9.17) is 11.6 Å². The predicted molar refractivity (Wildman–Crippen MR) is 72.7 cm³/mol. The minimum absolute atomic E-state index is 0.160. The Kier molecular flexibility index (Phi) is 3.79. The molecule has 0 spiro atoms. The third-order valence-corrected chi connectivity index (χ3v) is 5.18. The standard InChI is InChI=1S/C12H13Br2Cl/c1-7-6-9(13)8-4-2-3-5-10(15)11(8)12(7)14/h6,10H,2-5H2,1H3. The maximum absolute atomic E-state index is 6.45. The second kappa shape index (κ2) is 4.77. The molecule has 0 fully saturated rings. The molecule has 0 aromatic heterocycles. The molecule has 3 heteroatoms. The van der Waals surface area contributed by atoms with Gasteiger partial charge in [-0.2, -0.15) is 0 Å². The lowest BCUT2D eigenvalue weighted by molar-refractivity contribution is 0.699. The maximum Gasteiger partial charge on any atom is 0.0599 e. The molecule has 1 aliphatic rings. The predicted octanol–water partition coefficient (Wildman–Crippen LogP) is 5.53. The first-order chi connectivity index (χ1) is 7.11. The second-order valence-electron chi connectivity index (χ2n) is 4.09. The normalized spacial score (nSPS) is 20.9. The lowest BCUT2D eigenvalue weighted by Gasteiger charge is -2.16. The van der Waals surface area contributed by atoms with Crippen molar-refractivity contribution in [1.29, 1.82) is 0 Å². The Hall–Kier alpha value is 0.470. The first-order valence-corrected chi connectivity index (χ1v) is 7.25. The largest absolute Gasteiger partial charge is 0.118 e. The summed E-state index contributed by atoms with van der Waals surface area (Å²) in [6, 6.07) is 2.18. The van der Waals surface area contributed by atoms with Crippen LogP contribution < -0.4 is 0 Å². The van der Waals surface area contributed by atoms with Gasteiger partial charge >= 0.3 is 0 Å². The van der Waals surface area contributed by atoms with Gasteiger partial charge in [-0.1, -0.05) is 38.3 Å². The van der Waals surface area contributed by atoms with Gasteiger partial charge in [0.2, 0.25) is 0 Å². The summed E-state index contributed by atoms with van der Waals surface area (Å²) in [5.41, 5.74) is 3.96. The molecule has 1 atom stereocenters. The lowest BCUT2D eigenvalue weighted by atomic mass is 10.0. The zero-order valence-electron chi connectivity index (χ0n) is 8.62. The van der Waals surface area contributed by atoms with Crippen molar-refractivity contribution >= 4 is 43.5 Å². The topological polar surface area (TPSA) is 0 Å². The van der Waals surface area contributed by atoms with Crippen molar-refractivity contribution in [2.75, 3.05) is 0 Å². The van der Waals surface area contributed by atoms with Crippen LogP contribution in [-0.4, -0.2) is 0 Å². The van der Waals surface area contributed by atoms with Crippen molar-refractivity contribution in [3.8, 4) is 0 Å². The van der Waals surface area contributed by atoms with Crippen LogP contribution in [0.1, 0.15) is 41.3 Å². The number of hydrogen-bond acceptors (Lipinski definition) is 0. The van der Waals surface area contributed by atoms with Crippen LogP contribution >= 0.6 is 43.5 Å². The van der Waals surface area contributed by atoms with Crippen molar-refractivity contribution in [3.63, 3.8) is 0 Å². The maximum atomic E-state index is 6.45. The second-order valence-corrected chi connectivity index (χ2v) is 6.27. The average molecular weight is 352 g/mol. The highest BCUT2D eigenvalue weighted by Gasteiger charge is 2.22. The Morgan fingerprint density at radius 1 is 1.33 bits per heavy atom. The SMILES string of the molecule is Cc1cc(Br)c2c(c1Br)C(Cl)CCCC2. The minimum atomic E-state index is 0.160. The molecule has 0 saturated heterocycles. The quantitative estimate of drug-likeness (QED) is 0.426. The highest BCUT2D eigenvalue weighted by atomic mass is 79.9.